The highest BCUT2D eigenvalue weighted by molar-refractivity contribution is 5.85. The van der Waals surface area contributed by atoms with Gasteiger partial charge < -0.3 is 14.4 Å². The topological polar surface area (TPSA) is 72.9 Å². The number of hydrogen-bond donors (Lipinski definition) is 0. The molecule has 33 heavy (non-hydrogen) atoms. The molecule has 1 saturated heterocycles. The Morgan fingerprint density at radius 1 is 0.818 bits per heavy atom. The summed E-state index contributed by atoms with van der Waals surface area (Å²) in [6, 6.07) is -0.819. The van der Waals surface area contributed by atoms with Crippen LogP contribution in [-0.2, 0) is 23.9 Å². The summed E-state index contributed by atoms with van der Waals surface area (Å²) >= 11 is 0. The number of carbonyl (C=O) groups is 3. The lowest BCUT2D eigenvalue weighted by molar-refractivity contribution is -0.161. The molecule has 1 rings (SSSR count). The predicted molar refractivity (Wildman–Crippen MR) is 132 cm³/mol. The second-order valence-corrected chi connectivity index (χ2v) is 9.20. The van der Waals surface area contributed by atoms with Crippen LogP contribution in [0, 0.1) is 0 Å². The van der Waals surface area contributed by atoms with Crippen molar-refractivity contribution in [2.45, 2.75) is 129 Å². The molecule has 6 heteroatoms. The molecule has 0 aromatic carbocycles. The van der Waals surface area contributed by atoms with Gasteiger partial charge in [-0.25, -0.2) is 4.79 Å². The first-order valence-corrected chi connectivity index (χ1v) is 13.2. The lowest BCUT2D eigenvalue weighted by Gasteiger charge is -2.25. The second-order valence-electron chi connectivity index (χ2n) is 9.20. The van der Waals surface area contributed by atoms with Crippen molar-refractivity contribution < 1.29 is 23.9 Å². The summed E-state index contributed by atoms with van der Waals surface area (Å²) in [5, 5.41) is 0. The Bertz CT molecular complexity index is 589. The van der Waals surface area contributed by atoms with E-state index in [0.29, 0.717) is 19.6 Å². The van der Waals surface area contributed by atoms with Gasteiger partial charge in [0.05, 0.1) is 6.61 Å². The molecule has 0 saturated carbocycles. The number of likely N-dealkylation sites (tertiary alicyclic amines) is 1. The number of rotatable bonds is 18. The van der Waals surface area contributed by atoms with E-state index in [1.54, 1.807) is 0 Å². The number of hydrogen-bond acceptors (Lipinski definition) is 5. The maximum Gasteiger partial charge on any atom is 0.332 e. The summed E-state index contributed by atoms with van der Waals surface area (Å²) in [5.74, 6) is -1.12. The number of ether oxygens (including phenoxy) is 2. The molecule has 1 fully saturated rings. The molecule has 0 aromatic heterocycles. The smallest absolute Gasteiger partial charge is 0.332 e. The van der Waals surface area contributed by atoms with E-state index in [4.69, 9.17) is 9.47 Å². The van der Waals surface area contributed by atoms with Gasteiger partial charge in [0, 0.05) is 26.8 Å². The molecule has 0 N–H and O–H groups in total. The van der Waals surface area contributed by atoms with Crippen LogP contribution >= 0.6 is 0 Å². The molecular weight excluding hydrogens is 418 g/mol. The minimum absolute atomic E-state index is 0.205. The number of carbonyl (C=O) groups excluding carboxylic acids is 3. The molecular formula is C27H47NO5. The van der Waals surface area contributed by atoms with Crippen molar-refractivity contribution in [2.75, 3.05) is 13.2 Å². The van der Waals surface area contributed by atoms with Crippen molar-refractivity contribution in [3.05, 3.63) is 12.2 Å². The van der Waals surface area contributed by atoms with Crippen LogP contribution in [0.2, 0.25) is 0 Å². The van der Waals surface area contributed by atoms with Crippen molar-refractivity contribution in [2.24, 2.45) is 0 Å². The van der Waals surface area contributed by atoms with Crippen LogP contribution in [0.5, 0.6) is 0 Å². The van der Waals surface area contributed by atoms with Crippen molar-refractivity contribution in [1.29, 1.82) is 0 Å². The Kier molecular flexibility index (Phi) is 16.4. The number of unbranched alkanes of at least 4 members (excludes halogenated alkanes) is 12. The fourth-order valence-electron chi connectivity index (χ4n) is 4.34. The Balaban J connectivity index is 2.03. The summed E-state index contributed by atoms with van der Waals surface area (Å²) in [6.07, 6.45) is 21.7. The third-order valence-corrected chi connectivity index (χ3v) is 6.21. The first-order chi connectivity index (χ1) is 16.0. The van der Waals surface area contributed by atoms with Crippen LogP contribution in [0.1, 0.15) is 117 Å². The summed E-state index contributed by atoms with van der Waals surface area (Å²) in [6.45, 7) is 5.73. The van der Waals surface area contributed by atoms with Gasteiger partial charge in [-0.15, -0.1) is 0 Å². The van der Waals surface area contributed by atoms with Gasteiger partial charge in [0.1, 0.15) is 6.10 Å². The van der Waals surface area contributed by atoms with Gasteiger partial charge in [0.15, 0.2) is 6.04 Å². The summed E-state index contributed by atoms with van der Waals surface area (Å²) < 4.78 is 10.6. The molecule has 1 amide bonds. The maximum absolute atomic E-state index is 12.5. The van der Waals surface area contributed by atoms with E-state index in [1.807, 2.05) is 0 Å². The van der Waals surface area contributed by atoms with Gasteiger partial charge in [-0.3, -0.25) is 9.59 Å². The SMILES string of the molecule is CCCCCCCCC=CCCCCCCCCOC(=O)[C@@H]1C(OC(C)=O)CCN1C(C)=O. The number of amides is 1. The van der Waals surface area contributed by atoms with Crippen molar-refractivity contribution in [3.63, 3.8) is 0 Å². The molecule has 0 radical (unpaired) electrons. The third-order valence-electron chi connectivity index (χ3n) is 6.21. The summed E-state index contributed by atoms with van der Waals surface area (Å²) in [7, 11) is 0. The van der Waals surface area contributed by atoms with E-state index in [1.165, 1.54) is 89.4 Å². The van der Waals surface area contributed by atoms with Crippen LogP contribution in [0.15, 0.2) is 12.2 Å². The van der Waals surface area contributed by atoms with Crippen LogP contribution in [0.4, 0.5) is 0 Å². The van der Waals surface area contributed by atoms with Gasteiger partial charge in [0.25, 0.3) is 0 Å². The molecule has 190 valence electrons. The Hall–Kier alpha value is -1.85. The molecule has 1 heterocycles. The van der Waals surface area contributed by atoms with Crippen LogP contribution < -0.4 is 0 Å². The Labute approximate surface area is 201 Å². The molecule has 0 bridgehead atoms. The minimum atomic E-state index is -0.819. The predicted octanol–water partition coefficient (Wildman–Crippen LogP) is 6.12. The zero-order valence-electron chi connectivity index (χ0n) is 21.3. The second kappa shape index (κ2) is 18.6. The quantitative estimate of drug-likeness (QED) is 0.138. The zero-order valence-corrected chi connectivity index (χ0v) is 21.3. The average Bonchev–Trinajstić information content (AvgIpc) is 3.19. The van der Waals surface area contributed by atoms with E-state index < -0.39 is 24.1 Å². The maximum atomic E-state index is 12.5. The molecule has 1 unspecified atom stereocenters. The normalized spacial score (nSPS) is 18.1. The molecule has 0 aromatic rings. The largest absolute Gasteiger partial charge is 0.464 e. The molecule has 2 atom stereocenters. The highest BCUT2D eigenvalue weighted by atomic mass is 16.6. The molecule has 0 spiro atoms. The van der Waals surface area contributed by atoms with Gasteiger partial charge in [-0.05, 0) is 32.1 Å². The van der Waals surface area contributed by atoms with E-state index >= 15 is 0 Å². The fourth-order valence-corrected chi connectivity index (χ4v) is 4.34. The van der Waals surface area contributed by atoms with E-state index in [9.17, 15) is 14.4 Å². The standard InChI is InChI=1S/C27H47NO5/c1-4-5-6-7-8-9-10-11-12-13-14-15-16-17-18-19-22-32-27(31)26-25(33-24(3)30)20-21-28(26)23(2)29/h11-12,25-26H,4-10,13-22H2,1-3H3/t25?,26-/m0/s1. The monoisotopic (exact) mass is 465 g/mol. The molecule has 1 aliphatic rings. The number of nitrogens with zero attached hydrogens (tertiary/aromatic N) is 1. The van der Waals surface area contributed by atoms with Crippen molar-refractivity contribution in [3.8, 4) is 0 Å². The van der Waals surface area contributed by atoms with Gasteiger partial charge >= 0.3 is 11.9 Å². The van der Waals surface area contributed by atoms with Gasteiger partial charge in [0.2, 0.25) is 5.91 Å². The summed E-state index contributed by atoms with van der Waals surface area (Å²) in [5.41, 5.74) is 0. The molecule has 6 nitrogen and oxygen atoms in total. The van der Waals surface area contributed by atoms with Crippen molar-refractivity contribution >= 4 is 17.8 Å². The number of esters is 2. The van der Waals surface area contributed by atoms with Gasteiger partial charge in [-0.2, -0.15) is 0 Å². The third kappa shape index (κ3) is 13.4. The Morgan fingerprint density at radius 2 is 1.36 bits per heavy atom. The van der Waals surface area contributed by atoms with Crippen LogP contribution in [-0.4, -0.2) is 48.0 Å². The lowest BCUT2D eigenvalue weighted by Crippen LogP contribution is -2.46. The first-order valence-electron chi connectivity index (χ1n) is 13.2. The van der Waals surface area contributed by atoms with Crippen molar-refractivity contribution in [1.82, 2.24) is 4.90 Å². The average molecular weight is 466 g/mol. The van der Waals surface area contributed by atoms with Crippen LogP contribution in [0.25, 0.3) is 0 Å². The van der Waals surface area contributed by atoms with Gasteiger partial charge in [-0.1, -0.05) is 76.9 Å². The first kappa shape index (κ1) is 29.2. The van der Waals surface area contributed by atoms with E-state index in [0.717, 1.165) is 19.3 Å². The lowest BCUT2D eigenvalue weighted by atomic mass is 10.1. The van der Waals surface area contributed by atoms with E-state index in [2.05, 4.69) is 19.1 Å². The fraction of sp³-hybridized carbons (Fsp3) is 0.815. The Morgan fingerprint density at radius 3 is 1.91 bits per heavy atom. The highest BCUT2D eigenvalue weighted by Gasteiger charge is 2.43. The summed E-state index contributed by atoms with van der Waals surface area (Å²) in [4.78, 5) is 37.0. The highest BCUT2D eigenvalue weighted by Crippen LogP contribution is 2.23. The minimum Gasteiger partial charge on any atom is -0.464 e. The van der Waals surface area contributed by atoms with E-state index in [-0.39, 0.29) is 5.91 Å². The van der Waals surface area contributed by atoms with Crippen LogP contribution in [0.3, 0.4) is 0 Å². The zero-order chi connectivity index (χ0) is 24.3. The molecule has 1 aliphatic heterocycles. The molecule has 0 aliphatic carbocycles. The number of allylic oxidation sites excluding steroid dienone is 2.